The molecule has 0 aliphatic heterocycles. The summed E-state index contributed by atoms with van der Waals surface area (Å²) in [6.45, 7) is 4.16. The summed E-state index contributed by atoms with van der Waals surface area (Å²) in [6.07, 6.45) is 3.32. The molecule has 1 atom stereocenters. The van der Waals surface area contributed by atoms with Gasteiger partial charge in [0.2, 0.25) is 0 Å². The van der Waals surface area contributed by atoms with Gasteiger partial charge in [-0.25, -0.2) is 9.97 Å². The van der Waals surface area contributed by atoms with E-state index in [-0.39, 0.29) is 6.04 Å². The van der Waals surface area contributed by atoms with Gasteiger partial charge in [-0.15, -0.1) is 0 Å². The van der Waals surface area contributed by atoms with E-state index < -0.39 is 0 Å². The highest BCUT2D eigenvalue weighted by Crippen LogP contribution is 2.32. The topological polar surface area (TPSA) is 47.0 Å². The zero-order chi connectivity index (χ0) is 13.8. The van der Waals surface area contributed by atoms with Crippen molar-refractivity contribution >= 4 is 0 Å². The van der Waals surface area contributed by atoms with Crippen molar-refractivity contribution in [3.05, 3.63) is 53.1 Å². The summed E-state index contributed by atoms with van der Waals surface area (Å²) < 4.78 is 5.53. The van der Waals surface area contributed by atoms with Crippen LogP contribution in [0.5, 0.6) is 5.75 Å². The minimum Gasteiger partial charge on any atom is -0.496 e. The van der Waals surface area contributed by atoms with E-state index in [0.717, 1.165) is 17.0 Å². The molecule has 1 N–H and O–H groups in total. The number of methoxy groups -OCH3 is 1. The predicted molar refractivity (Wildman–Crippen MR) is 75.4 cm³/mol. The monoisotopic (exact) mass is 257 g/mol. The Bertz CT molecular complexity index is 555. The maximum Gasteiger partial charge on any atom is 0.124 e. The Kier molecular flexibility index (Phi) is 4.12. The normalized spacial score (nSPS) is 12.2. The number of hydrogen-bond donors (Lipinski definition) is 1. The van der Waals surface area contributed by atoms with E-state index in [1.807, 2.05) is 19.2 Å². The lowest BCUT2D eigenvalue weighted by molar-refractivity contribution is 0.404. The zero-order valence-corrected chi connectivity index (χ0v) is 11.8. The molecule has 0 saturated heterocycles. The van der Waals surface area contributed by atoms with E-state index >= 15 is 0 Å². The van der Waals surface area contributed by atoms with Gasteiger partial charge in [-0.3, -0.25) is 0 Å². The number of hydrogen-bond acceptors (Lipinski definition) is 4. The van der Waals surface area contributed by atoms with E-state index in [9.17, 15) is 0 Å². The van der Waals surface area contributed by atoms with Crippen LogP contribution >= 0.6 is 0 Å². The molecule has 0 bridgehead atoms. The minimum atomic E-state index is -0.00134. The lowest BCUT2D eigenvalue weighted by Crippen LogP contribution is -2.20. The van der Waals surface area contributed by atoms with Gasteiger partial charge in [-0.2, -0.15) is 0 Å². The third-order valence-corrected chi connectivity index (χ3v) is 3.19. The van der Waals surface area contributed by atoms with Crippen LogP contribution in [0.4, 0.5) is 0 Å². The van der Waals surface area contributed by atoms with Gasteiger partial charge in [0.05, 0.1) is 18.8 Å². The van der Waals surface area contributed by atoms with Crippen LogP contribution in [0.2, 0.25) is 0 Å². The second-order valence-corrected chi connectivity index (χ2v) is 4.55. The molecule has 0 aliphatic carbocycles. The van der Waals surface area contributed by atoms with Crippen molar-refractivity contribution in [1.29, 1.82) is 0 Å². The lowest BCUT2D eigenvalue weighted by Gasteiger charge is -2.21. The molecule has 0 fully saturated rings. The van der Waals surface area contributed by atoms with Gasteiger partial charge in [0.25, 0.3) is 0 Å². The number of aromatic nitrogens is 2. The zero-order valence-electron chi connectivity index (χ0n) is 11.8. The summed E-state index contributed by atoms with van der Waals surface area (Å²) >= 11 is 0. The van der Waals surface area contributed by atoms with Gasteiger partial charge < -0.3 is 10.1 Å². The number of ether oxygens (including phenoxy) is 1. The van der Waals surface area contributed by atoms with Crippen LogP contribution in [-0.2, 0) is 0 Å². The first-order valence-electron chi connectivity index (χ1n) is 6.25. The molecule has 0 saturated carbocycles. The van der Waals surface area contributed by atoms with Crippen LogP contribution in [0.3, 0.4) is 0 Å². The van der Waals surface area contributed by atoms with Crippen molar-refractivity contribution in [1.82, 2.24) is 15.3 Å². The Morgan fingerprint density at radius 1 is 1.26 bits per heavy atom. The van der Waals surface area contributed by atoms with E-state index in [1.54, 1.807) is 19.6 Å². The molecule has 100 valence electrons. The molecule has 1 aromatic carbocycles. The molecule has 1 unspecified atom stereocenters. The molecule has 4 nitrogen and oxygen atoms in total. The number of nitrogens with one attached hydrogen (secondary N) is 1. The Morgan fingerprint density at radius 3 is 2.63 bits per heavy atom. The van der Waals surface area contributed by atoms with Crippen LogP contribution in [0, 0.1) is 13.8 Å². The first kappa shape index (κ1) is 13.5. The molecule has 0 spiro atoms. The molecular formula is C15H19N3O. The molecule has 0 radical (unpaired) electrons. The summed E-state index contributed by atoms with van der Waals surface area (Å²) in [4.78, 5) is 8.30. The van der Waals surface area contributed by atoms with Crippen molar-refractivity contribution < 1.29 is 4.74 Å². The fourth-order valence-corrected chi connectivity index (χ4v) is 2.39. The number of aryl methyl sites for hydroxylation is 2. The Hall–Kier alpha value is -1.94. The number of benzene rings is 1. The average molecular weight is 257 g/mol. The van der Waals surface area contributed by atoms with Crippen LogP contribution in [-0.4, -0.2) is 24.1 Å². The smallest absolute Gasteiger partial charge is 0.124 e. The summed E-state index contributed by atoms with van der Waals surface area (Å²) in [5.74, 6) is 0.885. The summed E-state index contributed by atoms with van der Waals surface area (Å²) in [7, 11) is 3.62. The van der Waals surface area contributed by atoms with Gasteiger partial charge in [-0.1, -0.05) is 6.07 Å². The van der Waals surface area contributed by atoms with Gasteiger partial charge in [0, 0.05) is 11.8 Å². The largest absolute Gasteiger partial charge is 0.496 e. The van der Waals surface area contributed by atoms with Crippen LogP contribution in [0.15, 0.2) is 30.7 Å². The molecular weight excluding hydrogens is 238 g/mol. The van der Waals surface area contributed by atoms with Gasteiger partial charge in [0.1, 0.15) is 12.1 Å². The molecule has 2 aromatic rings. The third-order valence-electron chi connectivity index (χ3n) is 3.19. The minimum absolute atomic E-state index is 0.00134. The van der Waals surface area contributed by atoms with Crippen LogP contribution in [0.1, 0.15) is 28.4 Å². The van der Waals surface area contributed by atoms with Gasteiger partial charge in [0.15, 0.2) is 0 Å². The van der Waals surface area contributed by atoms with Gasteiger partial charge in [-0.05, 0) is 44.2 Å². The summed E-state index contributed by atoms with van der Waals surface area (Å²) in [5.41, 5.74) is 4.43. The molecule has 2 rings (SSSR count). The molecule has 1 heterocycles. The van der Waals surface area contributed by atoms with Crippen molar-refractivity contribution in [2.45, 2.75) is 19.9 Å². The molecule has 1 aromatic heterocycles. The second kappa shape index (κ2) is 5.80. The van der Waals surface area contributed by atoms with Crippen molar-refractivity contribution in [2.24, 2.45) is 0 Å². The van der Waals surface area contributed by atoms with Crippen LogP contribution in [0.25, 0.3) is 0 Å². The van der Waals surface area contributed by atoms with Crippen molar-refractivity contribution in [3.8, 4) is 5.75 Å². The van der Waals surface area contributed by atoms with Gasteiger partial charge >= 0.3 is 0 Å². The molecule has 0 amide bonds. The maximum atomic E-state index is 5.53. The van der Waals surface area contributed by atoms with E-state index in [4.69, 9.17) is 4.74 Å². The van der Waals surface area contributed by atoms with E-state index in [1.165, 1.54) is 11.1 Å². The second-order valence-electron chi connectivity index (χ2n) is 4.55. The first-order chi connectivity index (χ1) is 9.17. The van der Waals surface area contributed by atoms with Crippen molar-refractivity contribution in [2.75, 3.05) is 14.2 Å². The Labute approximate surface area is 113 Å². The molecule has 0 aliphatic rings. The SMILES string of the molecule is CNC(c1ccncn1)c1c(C)cc(C)cc1OC. The molecule has 19 heavy (non-hydrogen) atoms. The van der Waals surface area contributed by atoms with Crippen molar-refractivity contribution in [3.63, 3.8) is 0 Å². The van der Waals surface area contributed by atoms with E-state index in [2.05, 4.69) is 35.2 Å². The average Bonchev–Trinajstić information content (AvgIpc) is 2.42. The predicted octanol–water partition coefficient (Wildman–Crippen LogP) is 2.41. The highest BCUT2D eigenvalue weighted by Gasteiger charge is 2.20. The lowest BCUT2D eigenvalue weighted by atomic mass is 9.95. The Morgan fingerprint density at radius 2 is 2.05 bits per heavy atom. The number of rotatable bonds is 4. The van der Waals surface area contributed by atoms with E-state index in [0.29, 0.717) is 0 Å². The Balaban J connectivity index is 2.55. The third kappa shape index (κ3) is 2.74. The quantitative estimate of drug-likeness (QED) is 0.913. The van der Waals surface area contributed by atoms with Crippen LogP contribution < -0.4 is 10.1 Å². The fourth-order valence-electron chi connectivity index (χ4n) is 2.39. The highest BCUT2D eigenvalue weighted by molar-refractivity contribution is 5.47. The summed E-state index contributed by atoms with van der Waals surface area (Å²) in [6, 6.07) is 6.12. The standard InChI is InChI=1S/C15H19N3O/c1-10-7-11(2)14(13(8-10)19-4)15(16-3)12-5-6-17-9-18-12/h5-9,15-16H,1-4H3. The highest BCUT2D eigenvalue weighted by atomic mass is 16.5. The maximum absolute atomic E-state index is 5.53. The summed E-state index contributed by atoms with van der Waals surface area (Å²) in [5, 5.41) is 3.30. The first-order valence-corrected chi connectivity index (χ1v) is 6.25. The fraction of sp³-hybridized carbons (Fsp3) is 0.333. The number of nitrogens with zero attached hydrogens (tertiary/aromatic N) is 2. The molecule has 4 heteroatoms.